The monoisotopic (exact) mass is 250 g/mol. The number of allylic oxidation sites excluding steroid dienone is 1. The first-order valence-corrected chi connectivity index (χ1v) is 7.86. The minimum atomic E-state index is 0.443. The Morgan fingerprint density at radius 2 is 1.78 bits per heavy atom. The topological polar surface area (TPSA) is 0 Å². The lowest BCUT2D eigenvalue weighted by atomic mass is 9.73. The van der Waals surface area contributed by atoms with E-state index in [9.17, 15) is 0 Å². The molecule has 1 rings (SSSR count). The molecule has 0 amide bonds. The van der Waals surface area contributed by atoms with Gasteiger partial charge in [0.1, 0.15) is 0 Å². The van der Waals surface area contributed by atoms with Crippen LogP contribution in [0.4, 0.5) is 0 Å². The molecule has 106 valence electrons. The molecule has 0 radical (unpaired) electrons. The van der Waals surface area contributed by atoms with Crippen LogP contribution in [-0.4, -0.2) is 0 Å². The summed E-state index contributed by atoms with van der Waals surface area (Å²) >= 11 is 0. The molecule has 1 saturated carbocycles. The fourth-order valence-corrected chi connectivity index (χ4v) is 3.62. The van der Waals surface area contributed by atoms with Gasteiger partial charge in [-0.2, -0.15) is 0 Å². The molecule has 0 N–H and O–H groups in total. The molecule has 0 saturated heterocycles. The maximum Gasteiger partial charge on any atom is -0.00276 e. The van der Waals surface area contributed by atoms with Crippen molar-refractivity contribution in [1.82, 2.24) is 0 Å². The number of hydrogen-bond donors (Lipinski definition) is 0. The van der Waals surface area contributed by atoms with Crippen molar-refractivity contribution in [2.45, 2.75) is 74.1 Å². The Morgan fingerprint density at radius 1 is 1.28 bits per heavy atom. The highest BCUT2D eigenvalue weighted by molar-refractivity contribution is 5.33. The van der Waals surface area contributed by atoms with E-state index >= 15 is 0 Å². The lowest BCUT2D eigenvalue weighted by molar-refractivity contribution is 0.175. The Hall–Kier alpha value is -0.260. The zero-order valence-corrected chi connectivity index (χ0v) is 13.8. The molecule has 4 unspecified atom stereocenters. The first-order valence-electron chi connectivity index (χ1n) is 7.86. The predicted octanol–water partition coefficient (Wildman–Crippen LogP) is 6.08. The Labute approximate surface area is 115 Å². The van der Waals surface area contributed by atoms with Gasteiger partial charge in [-0.25, -0.2) is 0 Å². The molecule has 0 aliphatic heterocycles. The van der Waals surface area contributed by atoms with E-state index in [-0.39, 0.29) is 0 Å². The van der Waals surface area contributed by atoms with Crippen molar-refractivity contribution in [1.29, 1.82) is 0 Å². The summed E-state index contributed by atoms with van der Waals surface area (Å²) in [6.07, 6.45) is 5.40. The van der Waals surface area contributed by atoms with E-state index in [1.807, 2.05) is 0 Å². The first kappa shape index (κ1) is 15.8. The van der Waals surface area contributed by atoms with Crippen molar-refractivity contribution >= 4 is 0 Å². The SMILES string of the molecule is C=C1C(C)C1(CC)CCCC(C)C(C)C(C)(C)C. The first-order chi connectivity index (χ1) is 8.16. The molecule has 0 nitrogen and oxygen atoms in total. The lowest BCUT2D eigenvalue weighted by Crippen LogP contribution is -2.24. The van der Waals surface area contributed by atoms with Crippen LogP contribution in [0.15, 0.2) is 12.2 Å². The second kappa shape index (κ2) is 5.39. The van der Waals surface area contributed by atoms with E-state index in [0.29, 0.717) is 10.8 Å². The predicted molar refractivity (Wildman–Crippen MR) is 82.7 cm³/mol. The maximum absolute atomic E-state index is 4.24. The lowest BCUT2D eigenvalue weighted by Gasteiger charge is -2.32. The van der Waals surface area contributed by atoms with Crippen LogP contribution in [0.1, 0.15) is 74.1 Å². The Kier molecular flexibility index (Phi) is 4.73. The summed E-state index contributed by atoms with van der Waals surface area (Å²) in [5.74, 6) is 2.41. The van der Waals surface area contributed by atoms with Crippen molar-refractivity contribution in [3.05, 3.63) is 12.2 Å². The van der Waals surface area contributed by atoms with Gasteiger partial charge in [0.05, 0.1) is 0 Å². The van der Waals surface area contributed by atoms with Gasteiger partial charge in [0, 0.05) is 0 Å². The van der Waals surface area contributed by atoms with Gasteiger partial charge in [0.15, 0.2) is 0 Å². The molecule has 0 heteroatoms. The van der Waals surface area contributed by atoms with Crippen LogP contribution < -0.4 is 0 Å². The summed E-state index contributed by atoms with van der Waals surface area (Å²) < 4.78 is 0. The fourth-order valence-electron chi connectivity index (χ4n) is 3.62. The molecule has 1 aliphatic rings. The zero-order chi connectivity index (χ0) is 14.1. The van der Waals surface area contributed by atoms with Crippen molar-refractivity contribution in [3.63, 3.8) is 0 Å². The standard InChI is InChI=1S/C18H34/c1-9-18(15(4)16(18)5)12-10-11-13(2)14(3)17(6,7)8/h13-14,16H,4,9-12H2,1-3,5-8H3. The zero-order valence-electron chi connectivity index (χ0n) is 13.8. The van der Waals surface area contributed by atoms with Crippen LogP contribution in [0.2, 0.25) is 0 Å². The van der Waals surface area contributed by atoms with E-state index in [1.165, 1.54) is 31.3 Å². The maximum atomic E-state index is 4.24. The third-order valence-corrected chi connectivity index (χ3v) is 6.04. The Balaban J connectivity index is 2.37. The smallest absolute Gasteiger partial charge is 0.00276 e. The van der Waals surface area contributed by atoms with E-state index in [1.54, 1.807) is 0 Å². The summed E-state index contributed by atoms with van der Waals surface area (Å²) in [5.41, 5.74) is 2.48. The third kappa shape index (κ3) is 3.00. The normalized spacial score (nSPS) is 31.3. The van der Waals surface area contributed by atoms with Gasteiger partial charge in [-0.15, -0.1) is 0 Å². The molecule has 4 atom stereocenters. The molecule has 18 heavy (non-hydrogen) atoms. The van der Waals surface area contributed by atoms with Gasteiger partial charge < -0.3 is 0 Å². The molecule has 0 aromatic heterocycles. The molecule has 0 bridgehead atoms. The van der Waals surface area contributed by atoms with E-state index in [0.717, 1.165) is 17.8 Å². The van der Waals surface area contributed by atoms with Crippen molar-refractivity contribution in [3.8, 4) is 0 Å². The van der Waals surface area contributed by atoms with Crippen LogP contribution in [0.3, 0.4) is 0 Å². The minimum Gasteiger partial charge on any atom is -0.0990 e. The number of hydrogen-bond acceptors (Lipinski definition) is 0. The summed E-state index contributed by atoms with van der Waals surface area (Å²) in [6.45, 7) is 20.9. The second-order valence-corrected chi connectivity index (χ2v) is 7.78. The largest absolute Gasteiger partial charge is 0.0990 e. The summed E-state index contributed by atoms with van der Waals surface area (Å²) in [7, 11) is 0. The highest BCUT2D eigenvalue weighted by atomic mass is 14.6. The van der Waals surface area contributed by atoms with Crippen molar-refractivity contribution in [2.75, 3.05) is 0 Å². The molecular weight excluding hydrogens is 216 g/mol. The highest BCUT2D eigenvalue weighted by Crippen LogP contribution is 2.62. The van der Waals surface area contributed by atoms with Gasteiger partial charge in [-0.3, -0.25) is 0 Å². The second-order valence-electron chi connectivity index (χ2n) is 7.78. The van der Waals surface area contributed by atoms with Crippen molar-refractivity contribution < 1.29 is 0 Å². The van der Waals surface area contributed by atoms with Crippen LogP contribution >= 0.6 is 0 Å². The Morgan fingerprint density at radius 3 is 2.11 bits per heavy atom. The molecule has 0 spiro atoms. The van der Waals surface area contributed by atoms with E-state index in [2.05, 4.69) is 55.0 Å². The fraction of sp³-hybridized carbons (Fsp3) is 0.889. The highest BCUT2D eigenvalue weighted by Gasteiger charge is 2.52. The van der Waals surface area contributed by atoms with Crippen LogP contribution in [-0.2, 0) is 0 Å². The molecule has 1 fully saturated rings. The minimum absolute atomic E-state index is 0.443. The average molecular weight is 250 g/mol. The van der Waals surface area contributed by atoms with Gasteiger partial charge >= 0.3 is 0 Å². The van der Waals surface area contributed by atoms with Crippen LogP contribution in [0.5, 0.6) is 0 Å². The van der Waals surface area contributed by atoms with Crippen molar-refractivity contribution in [2.24, 2.45) is 28.6 Å². The molecule has 0 aromatic rings. The average Bonchev–Trinajstić information content (AvgIpc) is 2.80. The number of rotatable bonds is 6. The van der Waals surface area contributed by atoms with E-state index in [4.69, 9.17) is 0 Å². The van der Waals surface area contributed by atoms with Gasteiger partial charge in [0.25, 0.3) is 0 Å². The summed E-state index contributed by atoms with van der Waals surface area (Å²) in [5, 5.41) is 0. The quantitative estimate of drug-likeness (QED) is 0.501. The summed E-state index contributed by atoms with van der Waals surface area (Å²) in [4.78, 5) is 0. The summed E-state index contributed by atoms with van der Waals surface area (Å²) in [6, 6.07) is 0. The van der Waals surface area contributed by atoms with Crippen LogP contribution in [0, 0.1) is 28.6 Å². The van der Waals surface area contributed by atoms with E-state index < -0.39 is 0 Å². The van der Waals surface area contributed by atoms with Gasteiger partial charge in [-0.1, -0.05) is 73.5 Å². The van der Waals surface area contributed by atoms with Crippen LogP contribution in [0.25, 0.3) is 0 Å². The Bertz CT molecular complexity index is 294. The molecule has 0 heterocycles. The van der Waals surface area contributed by atoms with Gasteiger partial charge in [-0.05, 0) is 41.4 Å². The molecule has 0 aromatic carbocycles. The third-order valence-electron chi connectivity index (χ3n) is 6.04. The molecule has 1 aliphatic carbocycles. The van der Waals surface area contributed by atoms with Gasteiger partial charge in [0.2, 0.25) is 0 Å². The molecular formula is C18H34.